The molecule has 2 saturated carbocycles. The molecule has 0 spiro atoms. The van der Waals surface area contributed by atoms with Crippen LogP contribution in [0, 0.1) is 23.7 Å². The lowest BCUT2D eigenvalue weighted by molar-refractivity contribution is -0.147. The number of ether oxygens (including phenoxy) is 3. The molecule has 2 fully saturated rings. The maximum atomic E-state index is 11.5. The van der Waals surface area contributed by atoms with Crippen LogP contribution in [-0.2, 0) is 14.3 Å². The number of hydrogen-bond acceptors (Lipinski definition) is 11. The highest BCUT2D eigenvalue weighted by Gasteiger charge is 2.41. The Labute approximate surface area is 350 Å². The minimum Gasteiger partial charge on any atom is -0.491 e. The predicted molar refractivity (Wildman–Crippen MR) is 226 cm³/mol. The third-order valence-corrected chi connectivity index (χ3v) is 11.1. The summed E-state index contributed by atoms with van der Waals surface area (Å²) in [5.41, 5.74) is 0. The summed E-state index contributed by atoms with van der Waals surface area (Å²) in [6.45, 7) is 4.08. The fraction of sp³-hybridized carbons (Fsp3) is 0.617. The van der Waals surface area contributed by atoms with Crippen LogP contribution < -0.4 is 9.47 Å². The van der Waals surface area contributed by atoms with Crippen molar-refractivity contribution in [3.05, 3.63) is 85.0 Å². The van der Waals surface area contributed by atoms with Gasteiger partial charge in [0.15, 0.2) is 0 Å². The van der Waals surface area contributed by atoms with Gasteiger partial charge in [-0.1, -0.05) is 60.7 Å². The summed E-state index contributed by atoms with van der Waals surface area (Å²) in [6.07, 6.45) is 12.1. The Morgan fingerprint density at radius 3 is 1.44 bits per heavy atom. The average Bonchev–Trinajstić information content (AvgIpc) is 3.64. The second-order valence-electron chi connectivity index (χ2n) is 16.2. The number of esters is 1. The highest BCUT2D eigenvalue weighted by Crippen LogP contribution is 2.39. The maximum Gasteiger partial charge on any atom is 0.306 e. The Kier molecular flexibility index (Phi) is 23.4. The number of aliphatic hydroxyl groups is 6. The van der Waals surface area contributed by atoms with Crippen LogP contribution in [0.1, 0.15) is 104 Å². The number of aliphatic hydroxyl groups excluding tert-OH is 6. The van der Waals surface area contributed by atoms with Crippen LogP contribution in [0.5, 0.6) is 11.5 Å². The van der Waals surface area contributed by atoms with Crippen molar-refractivity contribution in [3.63, 3.8) is 0 Å². The average molecular weight is 827 g/mol. The van der Waals surface area contributed by atoms with Crippen molar-refractivity contribution in [2.75, 3.05) is 13.2 Å². The Bertz CT molecular complexity index is 1480. The van der Waals surface area contributed by atoms with Crippen LogP contribution >= 0.6 is 0 Å². The SMILES string of the molecule is CC(C)OC(=O)CCC/C=C\C[C@@H]1[C@@H](CC[C@@H](O)COc2ccccc2)[C@H](O)C[C@@H]1O.O=C(O)CCC/C=C\C[C@@H]1[C@@H](CC[C@@H](O)COc2ccccc2)[C@H](O)C[C@@H]1O. The molecule has 0 bridgehead atoms. The van der Waals surface area contributed by atoms with Crippen molar-refractivity contribution in [1.82, 2.24) is 0 Å². The number of unbranched alkanes of at least 4 members (excludes halogenated alkanes) is 2. The molecule has 0 amide bonds. The largest absolute Gasteiger partial charge is 0.491 e. The molecule has 12 nitrogen and oxygen atoms in total. The molecular weight excluding hydrogens is 757 g/mol. The summed E-state index contributed by atoms with van der Waals surface area (Å²) in [7, 11) is 0. The highest BCUT2D eigenvalue weighted by atomic mass is 16.5. The van der Waals surface area contributed by atoms with E-state index in [0.717, 1.165) is 18.6 Å². The first-order valence-corrected chi connectivity index (χ1v) is 21.5. The van der Waals surface area contributed by atoms with Gasteiger partial charge >= 0.3 is 11.9 Å². The number of hydrogen-bond donors (Lipinski definition) is 7. The molecule has 2 aliphatic rings. The van der Waals surface area contributed by atoms with E-state index in [2.05, 4.69) is 0 Å². The molecule has 0 saturated heterocycles. The highest BCUT2D eigenvalue weighted by molar-refractivity contribution is 5.69. The lowest BCUT2D eigenvalue weighted by atomic mass is 9.86. The second kappa shape index (κ2) is 27.9. The topological polar surface area (TPSA) is 203 Å². The lowest BCUT2D eigenvalue weighted by Crippen LogP contribution is -2.25. The first-order chi connectivity index (χ1) is 28.3. The van der Waals surface area contributed by atoms with E-state index in [0.29, 0.717) is 76.4 Å². The third kappa shape index (κ3) is 19.9. The maximum absolute atomic E-state index is 11.5. The predicted octanol–water partition coefficient (Wildman–Crippen LogP) is 6.40. The van der Waals surface area contributed by atoms with Gasteiger partial charge in [-0.3, -0.25) is 9.59 Å². The van der Waals surface area contributed by atoms with E-state index in [1.165, 1.54) is 0 Å². The van der Waals surface area contributed by atoms with E-state index in [4.69, 9.17) is 19.3 Å². The van der Waals surface area contributed by atoms with Crippen LogP contribution in [0.4, 0.5) is 0 Å². The van der Waals surface area contributed by atoms with Crippen molar-refractivity contribution in [1.29, 1.82) is 0 Å². The number of para-hydroxylation sites is 2. The van der Waals surface area contributed by atoms with Gasteiger partial charge in [-0.15, -0.1) is 0 Å². The Balaban J connectivity index is 0.000000317. The summed E-state index contributed by atoms with van der Waals surface area (Å²) in [4.78, 5) is 22.0. The molecule has 2 aromatic rings. The summed E-state index contributed by atoms with van der Waals surface area (Å²) in [5.74, 6) is 0.275. The zero-order valence-corrected chi connectivity index (χ0v) is 34.9. The van der Waals surface area contributed by atoms with E-state index in [9.17, 15) is 40.2 Å². The molecule has 12 heteroatoms. The van der Waals surface area contributed by atoms with Crippen molar-refractivity contribution in [2.45, 2.75) is 146 Å². The lowest BCUT2D eigenvalue weighted by Gasteiger charge is -2.23. The monoisotopic (exact) mass is 826 g/mol. The Morgan fingerprint density at radius 2 is 1.03 bits per heavy atom. The number of carboxylic acids is 1. The quantitative estimate of drug-likeness (QED) is 0.0330. The molecule has 0 aromatic heterocycles. The van der Waals surface area contributed by atoms with E-state index >= 15 is 0 Å². The van der Waals surface area contributed by atoms with Gasteiger partial charge < -0.3 is 50.0 Å². The molecule has 0 aliphatic heterocycles. The van der Waals surface area contributed by atoms with Crippen LogP contribution in [-0.4, -0.2) is 104 Å². The third-order valence-electron chi connectivity index (χ3n) is 11.1. The van der Waals surface area contributed by atoms with Gasteiger partial charge in [0, 0.05) is 12.8 Å². The van der Waals surface area contributed by atoms with Gasteiger partial charge in [-0.2, -0.15) is 0 Å². The zero-order chi connectivity index (χ0) is 43.0. The number of rotatable bonds is 25. The molecule has 10 atom stereocenters. The molecule has 59 heavy (non-hydrogen) atoms. The molecule has 0 radical (unpaired) electrons. The van der Waals surface area contributed by atoms with Crippen molar-refractivity contribution in [2.24, 2.45) is 23.7 Å². The number of carboxylic acid groups (broad SMARTS) is 1. The zero-order valence-electron chi connectivity index (χ0n) is 34.9. The summed E-state index contributed by atoms with van der Waals surface area (Å²) >= 11 is 0. The molecule has 0 heterocycles. The van der Waals surface area contributed by atoms with Crippen LogP contribution in [0.15, 0.2) is 85.0 Å². The molecule has 0 unspecified atom stereocenters. The van der Waals surface area contributed by atoms with Gasteiger partial charge in [0.2, 0.25) is 0 Å². The normalized spacial score (nSPS) is 25.2. The number of aliphatic carboxylic acids is 1. The molecule has 2 aromatic carbocycles. The first-order valence-electron chi connectivity index (χ1n) is 21.5. The van der Waals surface area contributed by atoms with E-state index in [-0.39, 0.29) is 55.4 Å². The molecule has 2 aliphatic carbocycles. The van der Waals surface area contributed by atoms with Gasteiger partial charge in [-0.05, 0) is 139 Å². The summed E-state index contributed by atoms with van der Waals surface area (Å²) in [5, 5.41) is 70.4. The Morgan fingerprint density at radius 1 is 0.627 bits per heavy atom. The van der Waals surface area contributed by atoms with Crippen molar-refractivity contribution in [3.8, 4) is 11.5 Å². The van der Waals surface area contributed by atoms with E-state index in [1.54, 1.807) is 0 Å². The van der Waals surface area contributed by atoms with E-state index in [1.807, 2.05) is 98.8 Å². The first kappa shape index (κ1) is 49.6. The summed E-state index contributed by atoms with van der Waals surface area (Å²) in [6, 6.07) is 18.7. The standard InChI is InChI=1S/C25H38O6.C22H32O6/c1-18(2)31-25(29)13-9-4-3-8-12-21-22(24(28)16-23(21)27)15-14-19(26)17-30-20-10-6-5-7-11-20;23-16(15-28-17-8-4-3-5-9-17)12-13-19-18(20(24)14-21(19)25)10-6-1-2-7-11-22(26)27/h3,5-8,10-11,18-19,21-24,26-28H,4,9,12-17H2,1-2H3;1,3-6,8-9,16,18-21,23-25H,2,7,10-15H2,(H,26,27)/b8-3-;6-1-/t19-,21-,22-,23+,24-;16-,18-,19-,20+,21-/m11/s1. The Hall–Kier alpha value is -3.78. The molecule has 7 N–H and O–H groups in total. The minimum absolute atomic E-state index is 0.0283. The number of allylic oxidation sites excluding steroid dienone is 4. The second-order valence-corrected chi connectivity index (χ2v) is 16.2. The summed E-state index contributed by atoms with van der Waals surface area (Å²) < 4.78 is 16.3. The van der Waals surface area contributed by atoms with Gasteiger partial charge in [0.1, 0.15) is 24.7 Å². The number of carbonyl (C=O) groups excluding carboxylic acids is 1. The fourth-order valence-corrected chi connectivity index (χ4v) is 7.97. The minimum atomic E-state index is -0.794. The number of benzene rings is 2. The van der Waals surface area contributed by atoms with Crippen LogP contribution in [0.25, 0.3) is 0 Å². The van der Waals surface area contributed by atoms with Crippen molar-refractivity contribution >= 4 is 11.9 Å². The van der Waals surface area contributed by atoms with Crippen LogP contribution in [0.2, 0.25) is 0 Å². The van der Waals surface area contributed by atoms with Gasteiger partial charge in [-0.25, -0.2) is 0 Å². The van der Waals surface area contributed by atoms with Crippen LogP contribution in [0.3, 0.4) is 0 Å². The molecular formula is C47H70O12. The molecule has 4 rings (SSSR count). The molecule has 330 valence electrons. The van der Waals surface area contributed by atoms with E-state index < -0.39 is 42.6 Å². The van der Waals surface area contributed by atoms with Gasteiger partial charge in [0.25, 0.3) is 0 Å². The van der Waals surface area contributed by atoms with Crippen molar-refractivity contribution < 1.29 is 59.5 Å². The number of carbonyl (C=O) groups is 2. The smallest absolute Gasteiger partial charge is 0.306 e. The van der Waals surface area contributed by atoms with Gasteiger partial charge in [0.05, 0.1) is 42.7 Å². The fourth-order valence-electron chi connectivity index (χ4n) is 7.97.